The van der Waals surface area contributed by atoms with Crippen molar-refractivity contribution in [3.05, 3.63) is 46.5 Å². The highest BCUT2D eigenvalue weighted by Gasteiger charge is 2.21. The van der Waals surface area contributed by atoms with Gasteiger partial charge in [0.15, 0.2) is 11.5 Å². The molecule has 7 heteroatoms. The van der Waals surface area contributed by atoms with Gasteiger partial charge in [-0.2, -0.15) is 0 Å². The number of hydrogen-bond donors (Lipinski definition) is 0. The van der Waals surface area contributed by atoms with E-state index < -0.39 is 0 Å². The Bertz CT molecular complexity index is 923. The number of ether oxygens (including phenoxy) is 4. The van der Waals surface area contributed by atoms with E-state index in [4.69, 9.17) is 30.5 Å². The number of rotatable bonds is 6. The molecule has 0 fully saturated rings. The second-order valence-electron chi connectivity index (χ2n) is 6.31. The Balaban J connectivity index is 1.96. The van der Waals surface area contributed by atoms with Crippen molar-refractivity contribution >= 4 is 29.1 Å². The first kappa shape index (κ1) is 19.9. The first-order valence-electron chi connectivity index (χ1n) is 8.70. The molecule has 0 aliphatic carbocycles. The summed E-state index contributed by atoms with van der Waals surface area (Å²) in [7, 11) is 6.88. The van der Waals surface area contributed by atoms with Crippen molar-refractivity contribution in [3.63, 3.8) is 0 Å². The molecule has 0 atom stereocenters. The molecule has 1 heterocycles. The van der Waals surface area contributed by atoms with Crippen molar-refractivity contribution < 1.29 is 23.7 Å². The zero-order valence-electron chi connectivity index (χ0n) is 16.2. The van der Waals surface area contributed by atoms with E-state index in [9.17, 15) is 4.79 Å². The molecule has 28 heavy (non-hydrogen) atoms. The Morgan fingerprint density at radius 2 is 1.86 bits per heavy atom. The predicted molar refractivity (Wildman–Crippen MR) is 109 cm³/mol. The van der Waals surface area contributed by atoms with Crippen LogP contribution in [-0.2, 0) is 0 Å². The number of methoxy groups -OCH3 is 2. The van der Waals surface area contributed by atoms with Crippen molar-refractivity contribution in [2.75, 3.05) is 46.4 Å². The molecule has 2 aromatic rings. The Kier molecular flexibility index (Phi) is 5.99. The van der Waals surface area contributed by atoms with Gasteiger partial charge in [-0.05, 0) is 36.4 Å². The van der Waals surface area contributed by atoms with Crippen LogP contribution < -0.4 is 23.8 Å². The molecule has 0 saturated heterocycles. The largest absolute Gasteiger partial charge is 0.495 e. The van der Waals surface area contributed by atoms with Gasteiger partial charge in [0.25, 0.3) is 0 Å². The number of carbonyl (C=O) groups excluding carboxylic acids is 1. The molecule has 3 rings (SSSR count). The van der Waals surface area contributed by atoms with Gasteiger partial charge in [-0.3, -0.25) is 4.79 Å². The van der Waals surface area contributed by atoms with Crippen LogP contribution in [0.1, 0.15) is 15.9 Å². The average Bonchev–Trinajstić information content (AvgIpc) is 2.72. The van der Waals surface area contributed by atoms with Crippen LogP contribution in [0.15, 0.2) is 35.4 Å². The maximum atomic E-state index is 12.9. The number of ketones is 1. The third-order valence-electron chi connectivity index (χ3n) is 4.32. The van der Waals surface area contributed by atoms with Crippen LogP contribution in [-0.4, -0.2) is 47.3 Å². The molecule has 0 aromatic heterocycles. The quantitative estimate of drug-likeness (QED) is 0.536. The fourth-order valence-corrected chi connectivity index (χ4v) is 3.18. The Morgan fingerprint density at radius 1 is 1.11 bits per heavy atom. The van der Waals surface area contributed by atoms with Crippen LogP contribution in [0.3, 0.4) is 0 Å². The monoisotopic (exact) mass is 403 g/mol. The molecule has 0 N–H and O–H groups in total. The molecule has 6 nitrogen and oxygen atoms in total. The maximum Gasteiger partial charge on any atom is 0.204 e. The molecule has 0 unspecified atom stereocenters. The Labute approximate surface area is 169 Å². The summed E-state index contributed by atoms with van der Waals surface area (Å²) in [4.78, 5) is 14.7. The molecule has 1 aliphatic heterocycles. The summed E-state index contributed by atoms with van der Waals surface area (Å²) >= 11 is 6.36. The highest BCUT2D eigenvalue weighted by Crippen LogP contribution is 2.42. The molecule has 0 bridgehead atoms. The minimum absolute atomic E-state index is 0.0600. The van der Waals surface area contributed by atoms with Gasteiger partial charge in [0.05, 0.1) is 24.9 Å². The highest BCUT2D eigenvalue weighted by molar-refractivity contribution is 6.47. The molecule has 0 amide bonds. The first-order chi connectivity index (χ1) is 13.5. The molecule has 0 saturated carbocycles. The summed E-state index contributed by atoms with van der Waals surface area (Å²) in [6.07, 6.45) is 1.57. The van der Waals surface area contributed by atoms with Gasteiger partial charge in [-0.1, -0.05) is 11.6 Å². The number of benzene rings is 2. The van der Waals surface area contributed by atoms with E-state index in [-0.39, 0.29) is 10.8 Å². The number of hydrogen-bond acceptors (Lipinski definition) is 6. The highest BCUT2D eigenvalue weighted by atomic mass is 35.5. The molecule has 1 aliphatic rings. The second-order valence-corrected chi connectivity index (χ2v) is 6.72. The maximum absolute atomic E-state index is 12.9. The van der Waals surface area contributed by atoms with E-state index in [0.29, 0.717) is 47.3 Å². The molecule has 0 spiro atoms. The zero-order chi connectivity index (χ0) is 20.3. The summed E-state index contributed by atoms with van der Waals surface area (Å²) in [6.45, 7) is 0.915. The SMILES string of the molecule is COc1ccc(C(=O)/C(Cl)=C\c2ccc3c(c2OC)OCCO3)cc1N(C)C. The van der Waals surface area contributed by atoms with Gasteiger partial charge in [-0.25, -0.2) is 0 Å². The lowest BCUT2D eigenvalue weighted by Gasteiger charge is -2.21. The number of halogens is 1. The average molecular weight is 404 g/mol. The van der Waals surface area contributed by atoms with Gasteiger partial charge in [0.2, 0.25) is 11.5 Å². The third-order valence-corrected chi connectivity index (χ3v) is 4.60. The molecule has 0 radical (unpaired) electrons. The third kappa shape index (κ3) is 3.87. The van der Waals surface area contributed by atoms with Gasteiger partial charge in [0, 0.05) is 25.2 Å². The zero-order valence-corrected chi connectivity index (χ0v) is 17.0. The topological polar surface area (TPSA) is 57.2 Å². The van der Waals surface area contributed by atoms with Crippen LogP contribution in [0.25, 0.3) is 6.08 Å². The number of fused-ring (bicyclic) bond motifs is 1. The number of Topliss-reactive ketones (excluding diaryl/α,β-unsaturated/α-hetero) is 1. The summed E-state index contributed by atoms with van der Waals surface area (Å²) in [6, 6.07) is 8.73. The Hall–Kier alpha value is -2.86. The Morgan fingerprint density at radius 3 is 2.54 bits per heavy atom. The van der Waals surface area contributed by atoms with Crippen LogP contribution in [0, 0.1) is 0 Å². The van der Waals surface area contributed by atoms with Crippen LogP contribution in [0.4, 0.5) is 5.69 Å². The van der Waals surface area contributed by atoms with E-state index in [2.05, 4.69) is 0 Å². The van der Waals surface area contributed by atoms with Gasteiger partial charge in [-0.15, -0.1) is 0 Å². The lowest BCUT2D eigenvalue weighted by molar-refractivity contribution is 0.104. The number of carbonyl (C=O) groups is 1. The molecular weight excluding hydrogens is 382 g/mol. The second kappa shape index (κ2) is 8.44. The van der Waals surface area contributed by atoms with E-state index in [1.165, 1.54) is 7.11 Å². The lowest BCUT2D eigenvalue weighted by atomic mass is 10.1. The van der Waals surface area contributed by atoms with Crippen molar-refractivity contribution in [2.24, 2.45) is 0 Å². The standard InChI is InChI=1S/C21H22ClNO5/c1-23(2)16-12-13(5-7-17(16)25-3)19(24)15(22)11-14-6-8-18-21(20(14)26-4)28-10-9-27-18/h5-8,11-12H,9-10H2,1-4H3/b15-11+. The smallest absolute Gasteiger partial charge is 0.204 e. The van der Waals surface area contributed by atoms with Crippen LogP contribution in [0.5, 0.6) is 23.0 Å². The van der Waals surface area contributed by atoms with Crippen molar-refractivity contribution in [1.82, 2.24) is 0 Å². The van der Waals surface area contributed by atoms with Crippen molar-refractivity contribution in [2.45, 2.75) is 0 Å². The fourth-order valence-electron chi connectivity index (χ4n) is 2.95. The molecule has 2 aromatic carbocycles. The van der Waals surface area contributed by atoms with Crippen molar-refractivity contribution in [3.8, 4) is 23.0 Å². The summed E-state index contributed by atoms with van der Waals surface area (Å²) in [5.74, 6) is 1.97. The van der Waals surface area contributed by atoms with Crippen molar-refractivity contribution in [1.29, 1.82) is 0 Å². The summed E-state index contributed by atoms with van der Waals surface area (Å²) < 4.78 is 22.0. The van der Waals surface area contributed by atoms with E-state index in [0.717, 1.165) is 5.69 Å². The van der Waals surface area contributed by atoms with Gasteiger partial charge < -0.3 is 23.8 Å². The van der Waals surface area contributed by atoms with E-state index in [1.54, 1.807) is 43.5 Å². The van der Waals surface area contributed by atoms with Gasteiger partial charge in [0.1, 0.15) is 19.0 Å². The fraction of sp³-hybridized carbons (Fsp3) is 0.286. The lowest BCUT2D eigenvalue weighted by Crippen LogP contribution is -2.16. The molecular formula is C21H22ClNO5. The van der Waals surface area contributed by atoms with E-state index >= 15 is 0 Å². The predicted octanol–water partition coefficient (Wildman–Crippen LogP) is 4.00. The van der Waals surface area contributed by atoms with Gasteiger partial charge >= 0.3 is 0 Å². The van der Waals surface area contributed by atoms with Crippen LogP contribution >= 0.6 is 11.6 Å². The number of anilines is 1. The minimum Gasteiger partial charge on any atom is -0.495 e. The number of allylic oxidation sites excluding steroid dienone is 1. The number of nitrogens with zero attached hydrogens (tertiary/aromatic N) is 1. The summed E-state index contributed by atoms with van der Waals surface area (Å²) in [5, 5.41) is 0.0600. The molecule has 148 valence electrons. The minimum atomic E-state index is -0.302. The first-order valence-corrected chi connectivity index (χ1v) is 9.08. The summed E-state index contributed by atoms with van der Waals surface area (Å²) in [5.41, 5.74) is 1.88. The van der Waals surface area contributed by atoms with E-state index in [1.807, 2.05) is 19.0 Å². The van der Waals surface area contributed by atoms with Crippen LogP contribution in [0.2, 0.25) is 0 Å². The normalized spacial score (nSPS) is 13.1.